The maximum absolute atomic E-state index is 11.5. The van der Waals surface area contributed by atoms with Gasteiger partial charge in [0.2, 0.25) is 9.84 Å². The molecule has 0 aliphatic rings. The van der Waals surface area contributed by atoms with Crippen LogP contribution < -0.4 is 0 Å². The lowest BCUT2D eigenvalue weighted by Crippen LogP contribution is -2.34. The molecule has 0 aromatic carbocycles. The summed E-state index contributed by atoms with van der Waals surface area (Å²) in [6, 6.07) is 0. The van der Waals surface area contributed by atoms with Crippen LogP contribution in [0.25, 0.3) is 0 Å². The standard InChI is InChI=1S/C7H15NO2S2/c1-5-6(2)12(9,10)7(11)8(3)4/h6H,5H2,1-4H3. The van der Waals surface area contributed by atoms with Crippen molar-refractivity contribution in [2.24, 2.45) is 0 Å². The zero-order valence-corrected chi connectivity index (χ0v) is 9.50. The lowest BCUT2D eigenvalue weighted by atomic mass is 10.4. The van der Waals surface area contributed by atoms with Gasteiger partial charge in [-0.25, -0.2) is 8.42 Å². The maximum Gasteiger partial charge on any atom is 0.206 e. The van der Waals surface area contributed by atoms with E-state index in [0.29, 0.717) is 6.42 Å². The molecule has 0 heterocycles. The Morgan fingerprint density at radius 1 is 1.50 bits per heavy atom. The van der Waals surface area contributed by atoms with Gasteiger partial charge in [-0.3, -0.25) is 0 Å². The molecule has 0 aromatic rings. The van der Waals surface area contributed by atoms with Gasteiger partial charge in [0, 0.05) is 14.1 Å². The Bertz CT molecular complexity index is 257. The van der Waals surface area contributed by atoms with Crippen LogP contribution in [0.2, 0.25) is 0 Å². The summed E-state index contributed by atoms with van der Waals surface area (Å²) in [4.78, 5) is 1.46. The molecule has 0 spiro atoms. The average molecular weight is 209 g/mol. The van der Waals surface area contributed by atoms with Crippen LogP contribution in [0.5, 0.6) is 0 Å². The number of hydrogen-bond acceptors (Lipinski definition) is 3. The van der Waals surface area contributed by atoms with Crippen molar-refractivity contribution in [3.63, 3.8) is 0 Å². The molecular formula is C7H15NO2S2. The molecule has 0 aliphatic heterocycles. The summed E-state index contributed by atoms with van der Waals surface area (Å²) in [5.74, 6) is 0. The molecule has 1 unspecified atom stereocenters. The van der Waals surface area contributed by atoms with Gasteiger partial charge in [-0.2, -0.15) is 0 Å². The second-order valence-electron chi connectivity index (χ2n) is 2.92. The Hall–Kier alpha value is -0.160. The molecule has 0 saturated heterocycles. The Labute approximate surface area is 79.7 Å². The number of rotatable bonds is 2. The zero-order chi connectivity index (χ0) is 9.94. The van der Waals surface area contributed by atoms with E-state index < -0.39 is 9.84 Å². The summed E-state index contributed by atoms with van der Waals surface area (Å²) in [5.41, 5.74) is 0. The van der Waals surface area contributed by atoms with Crippen LogP contribution in [0.3, 0.4) is 0 Å². The van der Waals surface area contributed by atoms with Crippen molar-refractivity contribution in [1.82, 2.24) is 4.90 Å². The van der Waals surface area contributed by atoms with Crippen LogP contribution in [-0.2, 0) is 9.84 Å². The smallest absolute Gasteiger partial charge is 0.206 e. The zero-order valence-electron chi connectivity index (χ0n) is 7.86. The highest BCUT2D eigenvalue weighted by molar-refractivity contribution is 8.17. The average Bonchev–Trinajstić information content (AvgIpc) is 2.01. The minimum Gasteiger partial charge on any atom is -0.360 e. The number of nitrogens with zero attached hydrogens (tertiary/aromatic N) is 1. The molecule has 0 rings (SSSR count). The minimum absolute atomic E-state index is 0.0249. The van der Waals surface area contributed by atoms with Gasteiger partial charge in [-0.1, -0.05) is 6.92 Å². The molecule has 0 saturated carbocycles. The van der Waals surface area contributed by atoms with Crippen LogP contribution in [0.1, 0.15) is 20.3 Å². The summed E-state index contributed by atoms with van der Waals surface area (Å²) in [6.45, 7) is 3.51. The topological polar surface area (TPSA) is 37.4 Å². The van der Waals surface area contributed by atoms with E-state index in [0.717, 1.165) is 0 Å². The molecule has 1 atom stereocenters. The molecule has 0 aliphatic carbocycles. The highest BCUT2D eigenvalue weighted by Gasteiger charge is 2.25. The number of sulfone groups is 1. The molecule has 0 aromatic heterocycles. The molecule has 12 heavy (non-hydrogen) atoms. The quantitative estimate of drug-likeness (QED) is 0.637. The van der Waals surface area contributed by atoms with Crippen LogP contribution in [0.4, 0.5) is 0 Å². The summed E-state index contributed by atoms with van der Waals surface area (Å²) in [5, 5.41) is -0.382. The molecule has 0 bridgehead atoms. The normalized spacial score (nSPS) is 14.0. The van der Waals surface area contributed by atoms with Crippen molar-refractivity contribution in [3.05, 3.63) is 0 Å². The minimum atomic E-state index is -3.23. The van der Waals surface area contributed by atoms with Crippen LogP contribution >= 0.6 is 12.2 Å². The van der Waals surface area contributed by atoms with Crippen molar-refractivity contribution in [2.45, 2.75) is 25.5 Å². The number of thiocarbonyl (C=S) groups is 1. The van der Waals surface area contributed by atoms with Gasteiger partial charge < -0.3 is 4.90 Å². The van der Waals surface area contributed by atoms with Gasteiger partial charge in [0.1, 0.15) is 0 Å². The van der Waals surface area contributed by atoms with Crippen LogP contribution in [0, 0.1) is 0 Å². The van der Waals surface area contributed by atoms with Crippen molar-refractivity contribution < 1.29 is 8.42 Å². The first-order chi connectivity index (χ1) is 5.34. The third-order valence-corrected chi connectivity index (χ3v) is 5.02. The molecule has 3 nitrogen and oxygen atoms in total. The predicted molar refractivity (Wildman–Crippen MR) is 55.0 cm³/mol. The first-order valence-electron chi connectivity index (χ1n) is 3.79. The van der Waals surface area contributed by atoms with Crippen LogP contribution in [0.15, 0.2) is 0 Å². The fourth-order valence-corrected chi connectivity index (χ4v) is 2.43. The fraction of sp³-hybridized carbons (Fsp3) is 0.857. The Morgan fingerprint density at radius 2 is 1.92 bits per heavy atom. The second-order valence-corrected chi connectivity index (χ2v) is 5.85. The van der Waals surface area contributed by atoms with Gasteiger partial charge in [0.15, 0.2) is 4.32 Å². The Balaban J connectivity index is 4.76. The fourth-order valence-electron chi connectivity index (χ4n) is 0.646. The second kappa shape index (κ2) is 4.18. The molecule has 0 fully saturated rings. The third-order valence-electron chi connectivity index (χ3n) is 1.71. The highest BCUT2D eigenvalue weighted by atomic mass is 32.2. The van der Waals surface area contributed by atoms with Gasteiger partial charge in [-0.15, -0.1) is 0 Å². The van der Waals surface area contributed by atoms with E-state index in [4.69, 9.17) is 12.2 Å². The molecule has 5 heteroatoms. The van der Waals surface area contributed by atoms with E-state index in [1.165, 1.54) is 4.90 Å². The Kier molecular flexibility index (Phi) is 4.13. The predicted octanol–water partition coefficient (Wildman–Crippen LogP) is 1.05. The molecule has 72 valence electrons. The molecule has 0 amide bonds. The van der Waals surface area contributed by atoms with Gasteiger partial charge in [0.05, 0.1) is 5.25 Å². The SMILES string of the molecule is CCC(C)S(=O)(=O)C(=S)N(C)C. The van der Waals surface area contributed by atoms with Crippen molar-refractivity contribution in [3.8, 4) is 0 Å². The van der Waals surface area contributed by atoms with Crippen LogP contribution in [-0.4, -0.2) is 37.0 Å². The van der Waals surface area contributed by atoms with Crippen molar-refractivity contribution in [1.29, 1.82) is 0 Å². The van der Waals surface area contributed by atoms with E-state index in [1.54, 1.807) is 21.0 Å². The van der Waals surface area contributed by atoms with Crippen molar-refractivity contribution in [2.75, 3.05) is 14.1 Å². The highest BCUT2D eigenvalue weighted by Crippen LogP contribution is 2.09. The van der Waals surface area contributed by atoms with E-state index in [2.05, 4.69) is 0 Å². The van der Waals surface area contributed by atoms with E-state index >= 15 is 0 Å². The summed E-state index contributed by atoms with van der Waals surface area (Å²) in [7, 11) is 0.0514. The largest absolute Gasteiger partial charge is 0.360 e. The summed E-state index contributed by atoms with van der Waals surface area (Å²) < 4.78 is 23.1. The van der Waals surface area contributed by atoms with E-state index in [-0.39, 0.29) is 9.57 Å². The first-order valence-corrected chi connectivity index (χ1v) is 5.74. The third kappa shape index (κ3) is 2.42. The van der Waals surface area contributed by atoms with E-state index in [9.17, 15) is 8.42 Å². The summed E-state index contributed by atoms with van der Waals surface area (Å²) in [6.07, 6.45) is 0.594. The maximum atomic E-state index is 11.5. The van der Waals surface area contributed by atoms with Crippen molar-refractivity contribution >= 4 is 26.4 Å². The Morgan fingerprint density at radius 3 is 2.17 bits per heavy atom. The lowest BCUT2D eigenvalue weighted by Gasteiger charge is -2.17. The summed E-state index contributed by atoms with van der Waals surface area (Å²) >= 11 is 4.79. The van der Waals surface area contributed by atoms with E-state index in [1.807, 2.05) is 6.92 Å². The van der Waals surface area contributed by atoms with Gasteiger partial charge in [-0.05, 0) is 25.6 Å². The monoisotopic (exact) mass is 209 g/mol. The lowest BCUT2D eigenvalue weighted by molar-refractivity contribution is 0.579. The molecule has 0 N–H and O–H groups in total. The van der Waals surface area contributed by atoms with Gasteiger partial charge >= 0.3 is 0 Å². The number of hydrogen-bond donors (Lipinski definition) is 0. The molecular weight excluding hydrogens is 194 g/mol. The van der Waals surface area contributed by atoms with Gasteiger partial charge in [0.25, 0.3) is 0 Å². The first kappa shape index (κ1) is 11.8. The molecule has 0 radical (unpaired) electrons.